The maximum absolute atomic E-state index is 13.8. The molecule has 0 atom stereocenters. The van der Waals surface area contributed by atoms with E-state index in [2.05, 4.69) is 0 Å². The minimum atomic E-state index is -0.415. The van der Waals surface area contributed by atoms with E-state index in [9.17, 15) is 9.18 Å². The number of hydrogen-bond acceptors (Lipinski definition) is 3. The number of fused-ring (bicyclic) bond motifs is 1. The Balaban J connectivity index is 1.95. The zero-order valence-corrected chi connectivity index (χ0v) is 14.0. The van der Waals surface area contributed by atoms with Gasteiger partial charge < -0.3 is 9.15 Å². The summed E-state index contributed by atoms with van der Waals surface area (Å²) < 4.78 is 24.9. The van der Waals surface area contributed by atoms with Gasteiger partial charge in [-0.3, -0.25) is 4.79 Å². The van der Waals surface area contributed by atoms with Crippen molar-refractivity contribution in [3.63, 3.8) is 0 Å². The van der Waals surface area contributed by atoms with E-state index < -0.39 is 5.82 Å². The number of furan rings is 1. The van der Waals surface area contributed by atoms with Gasteiger partial charge in [-0.2, -0.15) is 0 Å². The quantitative estimate of drug-likeness (QED) is 0.459. The van der Waals surface area contributed by atoms with Gasteiger partial charge in [0, 0.05) is 16.5 Å². The van der Waals surface area contributed by atoms with Gasteiger partial charge in [-0.25, -0.2) is 4.39 Å². The lowest BCUT2D eigenvalue weighted by atomic mass is 9.97. The topological polar surface area (TPSA) is 39.4 Å². The summed E-state index contributed by atoms with van der Waals surface area (Å²) in [7, 11) is 1.59. The molecule has 0 aliphatic rings. The van der Waals surface area contributed by atoms with Crippen molar-refractivity contribution in [3.8, 4) is 17.1 Å². The molecule has 0 unspecified atom stereocenters. The summed E-state index contributed by atoms with van der Waals surface area (Å²) in [5.74, 6) is 0.497. The van der Waals surface area contributed by atoms with E-state index in [1.807, 2.05) is 18.2 Å². The van der Waals surface area contributed by atoms with Crippen LogP contribution in [0, 0.1) is 5.82 Å². The van der Waals surface area contributed by atoms with Crippen LogP contribution in [0.15, 0.2) is 77.2 Å². The average molecular weight is 346 g/mol. The van der Waals surface area contributed by atoms with Crippen molar-refractivity contribution in [2.45, 2.75) is 0 Å². The summed E-state index contributed by atoms with van der Waals surface area (Å²) in [6, 6.07) is 20.3. The molecule has 0 aliphatic carbocycles. The minimum absolute atomic E-state index is 0.208. The van der Waals surface area contributed by atoms with Crippen LogP contribution in [0.5, 0.6) is 5.75 Å². The Labute approximate surface area is 149 Å². The van der Waals surface area contributed by atoms with Crippen molar-refractivity contribution < 1.29 is 18.3 Å². The first kappa shape index (κ1) is 16.1. The molecule has 0 N–H and O–H groups in total. The molecule has 0 bridgehead atoms. The summed E-state index contributed by atoms with van der Waals surface area (Å²) in [5.41, 5.74) is 2.07. The smallest absolute Gasteiger partial charge is 0.197 e. The summed E-state index contributed by atoms with van der Waals surface area (Å²) in [4.78, 5) is 13.1. The number of ether oxygens (including phenoxy) is 1. The number of rotatable bonds is 4. The number of benzene rings is 3. The molecule has 0 aliphatic heterocycles. The predicted octanol–water partition coefficient (Wildman–Crippen LogP) is 5.48. The normalized spacial score (nSPS) is 10.8. The molecule has 0 saturated carbocycles. The molecule has 0 spiro atoms. The van der Waals surface area contributed by atoms with Crippen LogP contribution in [0.4, 0.5) is 4.39 Å². The van der Waals surface area contributed by atoms with Crippen molar-refractivity contribution in [1.29, 1.82) is 0 Å². The molecule has 4 rings (SSSR count). The first-order chi connectivity index (χ1) is 12.7. The Morgan fingerprint density at radius 1 is 0.962 bits per heavy atom. The molecule has 3 aromatic carbocycles. The van der Waals surface area contributed by atoms with Crippen molar-refractivity contribution in [2.75, 3.05) is 7.11 Å². The number of methoxy groups -OCH3 is 1. The van der Waals surface area contributed by atoms with Crippen LogP contribution in [0.3, 0.4) is 0 Å². The Morgan fingerprint density at radius 2 is 1.69 bits per heavy atom. The van der Waals surface area contributed by atoms with Crippen molar-refractivity contribution >= 4 is 16.8 Å². The van der Waals surface area contributed by atoms with Gasteiger partial charge in [-0.15, -0.1) is 0 Å². The second kappa shape index (κ2) is 6.48. The summed E-state index contributed by atoms with van der Waals surface area (Å²) in [6.07, 6.45) is 0. The van der Waals surface area contributed by atoms with Gasteiger partial charge >= 0.3 is 0 Å². The summed E-state index contributed by atoms with van der Waals surface area (Å²) in [5, 5.41) is 0.463. The van der Waals surface area contributed by atoms with E-state index in [1.165, 1.54) is 12.1 Å². The molecule has 4 heteroatoms. The molecule has 1 aromatic heterocycles. The Hall–Kier alpha value is -3.40. The van der Waals surface area contributed by atoms with E-state index in [-0.39, 0.29) is 5.78 Å². The molecule has 128 valence electrons. The summed E-state index contributed by atoms with van der Waals surface area (Å²) >= 11 is 0. The molecule has 4 aromatic rings. The Kier molecular flexibility index (Phi) is 4.01. The van der Waals surface area contributed by atoms with Gasteiger partial charge in [0.1, 0.15) is 22.9 Å². The molecule has 0 fully saturated rings. The highest BCUT2D eigenvalue weighted by Gasteiger charge is 2.23. The fourth-order valence-corrected chi connectivity index (χ4v) is 2.97. The van der Waals surface area contributed by atoms with E-state index in [4.69, 9.17) is 9.15 Å². The molecule has 0 radical (unpaired) electrons. The van der Waals surface area contributed by atoms with Crippen LogP contribution in [0.2, 0.25) is 0 Å². The zero-order valence-electron chi connectivity index (χ0n) is 14.0. The third-order valence-electron chi connectivity index (χ3n) is 4.27. The van der Waals surface area contributed by atoms with Crippen LogP contribution in [-0.4, -0.2) is 12.9 Å². The average Bonchev–Trinajstić information content (AvgIpc) is 3.06. The first-order valence-corrected chi connectivity index (χ1v) is 8.13. The van der Waals surface area contributed by atoms with Gasteiger partial charge in [0.25, 0.3) is 0 Å². The fourth-order valence-electron chi connectivity index (χ4n) is 2.97. The number of halogens is 1. The second-order valence-corrected chi connectivity index (χ2v) is 5.87. The van der Waals surface area contributed by atoms with E-state index in [0.29, 0.717) is 33.6 Å². The Bertz CT molecular complexity index is 1080. The van der Waals surface area contributed by atoms with Gasteiger partial charge in [0.2, 0.25) is 0 Å². The number of ketones is 1. The number of carbonyl (C=O) groups excluding carboxylic acids is 1. The third kappa shape index (κ3) is 2.75. The van der Waals surface area contributed by atoms with Crippen molar-refractivity contribution in [1.82, 2.24) is 0 Å². The third-order valence-corrected chi connectivity index (χ3v) is 4.27. The van der Waals surface area contributed by atoms with Gasteiger partial charge in [-0.05, 0) is 42.5 Å². The molecule has 26 heavy (non-hydrogen) atoms. The SMILES string of the molecule is COc1ccc(-c2oc3ccc(F)cc3c2C(=O)c2ccccc2)cc1. The van der Waals surface area contributed by atoms with Crippen LogP contribution in [-0.2, 0) is 0 Å². The highest BCUT2D eigenvalue weighted by molar-refractivity contribution is 6.19. The first-order valence-electron chi connectivity index (χ1n) is 8.13. The lowest BCUT2D eigenvalue weighted by Crippen LogP contribution is -2.02. The molecular formula is C22H15FO3. The Morgan fingerprint density at radius 3 is 2.38 bits per heavy atom. The second-order valence-electron chi connectivity index (χ2n) is 5.87. The monoisotopic (exact) mass is 346 g/mol. The lowest BCUT2D eigenvalue weighted by Gasteiger charge is -2.05. The van der Waals surface area contributed by atoms with E-state index >= 15 is 0 Å². The zero-order chi connectivity index (χ0) is 18.1. The predicted molar refractivity (Wildman–Crippen MR) is 98.0 cm³/mol. The van der Waals surface area contributed by atoms with Gasteiger partial charge in [0.15, 0.2) is 5.78 Å². The van der Waals surface area contributed by atoms with Crippen LogP contribution >= 0.6 is 0 Å². The molecular weight excluding hydrogens is 331 g/mol. The lowest BCUT2D eigenvalue weighted by molar-refractivity contribution is 0.104. The van der Waals surface area contributed by atoms with E-state index in [0.717, 1.165) is 5.56 Å². The van der Waals surface area contributed by atoms with Crippen LogP contribution in [0.25, 0.3) is 22.3 Å². The van der Waals surface area contributed by atoms with Gasteiger partial charge in [-0.1, -0.05) is 30.3 Å². The summed E-state index contributed by atoms with van der Waals surface area (Å²) in [6.45, 7) is 0. The molecule has 3 nitrogen and oxygen atoms in total. The number of carbonyl (C=O) groups is 1. The fraction of sp³-hybridized carbons (Fsp3) is 0.0455. The highest BCUT2D eigenvalue weighted by Crippen LogP contribution is 2.36. The van der Waals surface area contributed by atoms with Crippen molar-refractivity contribution in [2.24, 2.45) is 0 Å². The molecule has 0 amide bonds. The minimum Gasteiger partial charge on any atom is -0.497 e. The largest absolute Gasteiger partial charge is 0.497 e. The molecule has 1 heterocycles. The maximum Gasteiger partial charge on any atom is 0.197 e. The standard InChI is InChI=1S/C22H15FO3/c1-25-17-10-7-15(8-11-17)22-20(21(24)14-5-3-2-4-6-14)18-13-16(23)9-12-19(18)26-22/h2-13H,1H3. The van der Waals surface area contributed by atoms with Crippen LogP contribution < -0.4 is 4.74 Å². The van der Waals surface area contributed by atoms with Crippen molar-refractivity contribution in [3.05, 3.63) is 89.7 Å². The van der Waals surface area contributed by atoms with Crippen LogP contribution in [0.1, 0.15) is 15.9 Å². The maximum atomic E-state index is 13.8. The van der Waals surface area contributed by atoms with Gasteiger partial charge in [0.05, 0.1) is 12.7 Å². The number of hydrogen-bond donors (Lipinski definition) is 0. The highest BCUT2D eigenvalue weighted by atomic mass is 19.1. The van der Waals surface area contributed by atoms with E-state index in [1.54, 1.807) is 49.6 Å². The molecule has 0 saturated heterocycles.